The number of carbonyl (C=O) groups is 1. The molecule has 0 saturated heterocycles. The number of amides is 1. The minimum atomic E-state index is -0.0908. The number of benzene rings is 2. The van der Waals surface area contributed by atoms with Crippen LogP contribution in [0.25, 0.3) is 11.4 Å². The average Bonchev–Trinajstić information content (AvgIpc) is 2.70. The van der Waals surface area contributed by atoms with Gasteiger partial charge in [0.2, 0.25) is 5.88 Å². The number of halogens is 1. The Hall–Kier alpha value is -2.92. The summed E-state index contributed by atoms with van der Waals surface area (Å²) in [6.07, 6.45) is 0. The van der Waals surface area contributed by atoms with E-state index in [1.165, 1.54) is 0 Å². The van der Waals surface area contributed by atoms with Gasteiger partial charge in [-0.05, 0) is 31.5 Å². The minimum absolute atomic E-state index is 0.0773. The Morgan fingerprint density at radius 3 is 2.57 bits per heavy atom. The van der Waals surface area contributed by atoms with Crippen LogP contribution in [-0.4, -0.2) is 33.9 Å². The fraction of sp³-hybridized carbons (Fsp3) is 0.227. The Morgan fingerprint density at radius 2 is 1.86 bits per heavy atom. The van der Waals surface area contributed by atoms with E-state index in [4.69, 9.17) is 16.3 Å². The summed E-state index contributed by atoms with van der Waals surface area (Å²) in [4.78, 5) is 23.2. The average molecular weight is 396 g/mol. The van der Waals surface area contributed by atoms with E-state index >= 15 is 0 Å². The molecule has 3 rings (SSSR count). The van der Waals surface area contributed by atoms with Crippen LogP contribution in [0, 0.1) is 6.92 Å². The third-order valence-corrected chi connectivity index (χ3v) is 4.44. The highest BCUT2D eigenvalue weighted by atomic mass is 35.5. The van der Waals surface area contributed by atoms with E-state index in [1.54, 1.807) is 23.1 Å². The first kappa shape index (κ1) is 19.8. The summed E-state index contributed by atoms with van der Waals surface area (Å²) in [5, 5.41) is 0.611. The van der Waals surface area contributed by atoms with Gasteiger partial charge in [-0.3, -0.25) is 4.79 Å². The Balaban J connectivity index is 1.68. The number of hydrogen-bond acceptors (Lipinski definition) is 4. The zero-order valence-corrected chi connectivity index (χ0v) is 16.7. The molecule has 0 N–H and O–H groups in total. The van der Waals surface area contributed by atoms with Gasteiger partial charge in [0.15, 0.2) is 12.4 Å². The molecule has 5 nitrogen and oxygen atoms in total. The molecule has 3 aromatic rings. The maximum absolute atomic E-state index is 12.6. The fourth-order valence-corrected chi connectivity index (χ4v) is 2.97. The summed E-state index contributed by atoms with van der Waals surface area (Å²) in [6, 6.07) is 18.9. The third-order valence-electron chi connectivity index (χ3n) is 4.21. The summed E-state index contributed by atoms with van der Waals surface area (Å²) < 4.78 is 5.69. The van der Waals surface area contributed by atoms with Gasteiger partial charge in [0.25, 0.3) is 5.91 Å². The minimum Gasteiger partial charge on any atom is -0.467 e. The summed E-state index contributed by atoms with van der Waals surface area (Å²) in [7, 11) is 0. The second-order valence-corrected chi connectivity index (χ2v) is 6.80. The lowest BCUT2D eigenvalue weighted by molar-refractivity contribution is -0.133. The van der Waals surface area contributed by atoms with Crippen molar-refractivity contribution in [1.82, 2.24) is 14.9 Å². The highest BCUT2D eigenvalue weighted by Gasteiger charge is 2.14. The molecule has 0 spiro atoms. The fourth-order valence-electron chi connectivity index (χ4n) is 2.78. The molecule has 6 heteroatoms. The number of ether oxygens (including phenoxy) is 1. The van der Waals surface area contributed by atoms with Crippen LogP contribution in [0.3, 0.4) is 0 Å². The molecule has 0 unspecified atom stereocenters. The molecule has 0 fully saturated rings. The maximum Gasteiger partial charge on any atom is 0.260 e. The first-order valence-corrected chi connectivity index (χ1v) is 9.49. The molecule has 0 radical (unpaired) electrons. The third kappa shape index (κ3) is 5.30. The number of likely N-dealkylation sites (N-methyl/N-ethyl adjacent to an activating group) is 1. The van der Waals surface area contributed by atoms with Gasteiger partial charge >= 0.3 is 0 Å². The van der Waals surface area contributed by atoms with Crippen molar-refractivity contribution in [2.75, 3.05) is 13.2 Å². The molecule has 28 heavy (non-hydrogen) atoms. The molecular formula is C22H22ClN3O2. The molecule has 0 bridgehead atoms. The van der Waals surface area contributed by atoms with Crippen LogP contribution < -0.4 is 4.74 Å². The summed E-state index contributed by atoms with van der Waals surface area (Å²) in [5.74, 6) is 0.792. The quantitative estimate of drug-likeness (QED) is 0.589. The van der Waals surface area contributed by atoms with Crippen LogP contribution in [0.4, 0.5) is 0 Å². The van der Waals surface area contributed by atoms with E-state index in [0.717, 1.165) is 16.8 Å². The van der Waals surface area contributed by atoms with Crippen LogP contribution in [-0.2, 0) is 11.3 Å². The molecular weight excluding hydrogens is 374 g/mol. The number of aryl methyl sites for hydroxylation is 1. The zero-order valence-electron chi connectivity index (χ0n) is 15.9. The largest absolute Gasteiger partial charge is 0.467 e. The number of rotatable bonds is 7. The lowest BCUT2D eigenvalue weighted by Crippen LogP contribution is -2.34. The smallest absolute Gasteiger partial charge is 0.260 e. The second kappa shape index (κ2) is 9.33. The van der Waals surface area contributed by atoms with E-state index in [2.05, 4.69) is 9.97 Å². The summed E-state index contributed by atoms with van der Waals surface area (Å²) in [5.41, 5.74) is 2.63. The van der Waals surface area contributed by atoms with E-state index in [9.17, 15) is 4.79 Å². The van der Waals surface area contributed by atoms with Crippen molar-refractivity contribution in [2.24, 2.45) is 0 Å². The lowest BCUT2D eigenvalue weighted by atomic mass is 10.2. The number of hydrogen-bond donors (Lipinski definition) is 0. The van der Waals surface area contributed by atoms with Crippen molar-refractivity contribution in [3.63, 3.8) is 0 Å². The molecule has 0 aliphatic rings. The maximum atomic E-state index is 12.6. The second-order valence-electron chi connectivity index (χ2n) is 6.36. The van der Waals surface area contributed by atoms with Crippen LogP contribution in [0.2, 0.25) is 5.02 Å². The van der Waals surface area contributed by atoms with E-state index in [1.807, 2.05) is 56.3 Å². The zero-order chi connectivity index (χ0) is 19.9. The van der Waals surface area contributed by atoms with E-state index < -0.39 is 0 Å². The monoisotopic (exact) mass is 395 g/mol. The van der Waals surface area contributed by atoms with Crippen molar-refractivity contribution >= 4 is 17.5 Å². The molecule has 144 valence electrons. The SMILES string of the molecule is CCN(Cc1ccccc1)C(=O)COc1cc(C)nc(-c2cccc(Cl)c2)n1. The molecule has 0 atom stereocenters. The molecule has 2 aromatic carbocycles. The van der Waals surface area contributed by atoms with E-state index in [0.29, 0.717) is 29.8 Å². The Labute approximate surface area is 170 Å². The highest BCUT2D eigenvalue weighted by molar-refractivity contribution is 6.30. The lowest BCUT2D eigenvalue weighted by Gasteiger charge is -2.21. The van der Waals surface area contributed by atoms with Crippen LogP contribution in [0.5, 0.6) is 5.88 Å². The molecule has 1 amide bonds. The van der Waals surface area contributed by atoms with Crippen molar-refractivity contribution < 1.29 is 9.53 Å². The Bertz CT molecular complexity index is 948. The molecule has 0 aliphatic carbocycles. The van der Waals surface area contributed by atoms with Crippen LogP contribution in [0.1, 0.15) is 18.2 Å². The van der Waals surface area contributed by atoms with Gasteiger partial charge < -0.3 is 9.64 Å². The predicted molar refractivity (Wildman–Crippen MR) is 110 cm³/mol. The first-order chi connectivity index (χ1) is 13.5. The predicted octanol–water partition coefficient (Wildman–Crippen LogP) is 4.53. The Kier molecular flexibility index (Phi) is 6.61. The van der Waals surface area contributed by atoms with Gasteiger partial charge in [-0.25, -0.2) is 4.98 Å². The summed E-state index contributed by atoms with van der Waals surface area (Å²) >= 11 is 6.06. The number of carbonyl (C=O) groups excluding carboxylic acids is 1. The first-order valence-electron chi connectivity index (χ1n) is 9.11. The van der Waals surface area contributed by atoms with Gasteiger partial charge in [0, 0.05) is 35.4 Å². The van der Waals surface area contributed by atoms with Crippen molar-refractivity contribution in [1.29, 1.82) is 0 Å². The highest BCUT2D eigenvalue weighted by Crippen LogP contribution is 2.22. The molecule has 1 heterocycles. The standard InChI is InChI=1S/C22H22ClN3O2/c1-3-26(14-17-8-5-4-6-9-17)21(27)15-28-20-12-16(2)24-22(25-20)18-10-7-11-19(23)13-18/h4-13H,3,14-15H2,1-2H3. The van der Waals surface area contributed by atoms with Crippen molar-refractivity contribution in [3.8, 4) is 17.3 Å². The summed E-state index contributed by atoms with van der Waals surface area (Å²) in [6.45, 7) is 4.89. The number of aromatic nitrogens is 2. The van der Waals surface area contributed by atoms with Crippen LogP contribution >= 0.6 is 11.6 Å². The van der Waals surface area contributed by atoms with Crippen molar-refractivity contribution in [2.45, 2.75) is 20.4 Å². The van der Waals surface area contributed by atoms with Gasteiger partial charge in [-0.15, -0.1) is 0 Å². The van der Waals surface area contributed by atoms with Crippen LogP contribution in [0.15, 0.2) is 60.7 Å². The molecule has 1 aromatic heterocycles. The Morgan fingerprint density at radius 1 is 1.07 bits per heavy atom. The van der Waals surface area contributed by atoms with Crippen molar-refractivity contribution in [3.05, 3.63) is 76.9 Å². The van der Waals surface area contributed by atoms with Gasteiger partial charge in [-0.1, -0.05) is 54.1 Å². The number of nitrogens with zero attached hydrogens (tertiary/aromatic N) is 3. The normalized spacial score (nSPS) is 10.5. The molecule has 0 saturated carbocycles. The topological polar surface area (TPSA) is 55.3 Å². The van der Waals surface area contributed by atoms with Gasteiger partial charge in [-0.2, -0.15) is 4.98 Å². The van der Waals surface area contributed by atoms with Gasteiger partial charge in [0.05, 0.1) is 0 Å². The van der Waals surface area contributed by atoms with Gasteiger partial charge in [0.1, 0.15) is 0 Å². The molecule has 0 aliphatic heterocycles. The van der Waals surface area contributed by atoms with E-state index in [-0.39, 0.29) is 12.5 Å².